The number of halogens is 2. The summed E-state index contributed by atoms with van der Waals surface area (Å²) < 4.78 is 1.11. The van der Waals surface area contributed by atoms with Crippen molar-refractivity contribution in [1.29, 1.82) is 0 Å². The maximum absolute atomic E-state index is 4.05. The van der Waals surface area contributed by atoms with Gasteiger partial charge >= 0.3 is 0 Å². The second-order valence-corrected chi connectivity index (χ2v) is 5.92. The Hall–Kier alpha value is -0.670. The predicted molar refractivity (Wildman–Crippen MR) is 78.5 cm³/mol. The molecule has 3 heteroatoms. The van der Waals surface area contributed by atoms with Crippen LogP contribution >= 0.6 is 31.9 Å². The Kier molecular flexibility index (Phi) is 4.35. The third-order valence-corrected chi connectivity index (χ3v) is 4.71. The number of benzene rings is 1. The van der Waals surface area contributed by atoms with Crippen LogP contribution in [0, 0.1) is 0 Å². The number of alkyl halides is 1. The quantitative estimate of drug-likeness (QED) is 0.700. The Balaban J connectivity index is 2.20. The van der Waals surface area contributed by atoms with E-state index < -0.39 is 0 Å². The van der Waals surface area contributed by atoms with Crippen LogP contribution in [0.15, 0.2) is 53.3 Å². The largest absolute Gasteiger partial charge is 0.265 e. The summed E-state index contributed by atoms with van der Waals surface area (Å²) in [6.45, 7) is 2.22. The molecule has 0 aliphatic carbocycles. The Morgan fingerprint density at radius 3 is 2.12 bits per heavy atom. The molecule has 0 aliphatic heterocycles. The highest BCUT2D eigenvalue weighted by molar-refractivity contribution is 9.10. The second kappa shape index (κ2) is 5.78. The van der Waals surface area contributed by atoms with Gasteiger partial charge in [-0.2, -0.15) is 0 Å². The second-order valence-electron chi connectivity index (χ2n) is 4.02. The summed E-state index contributed by atoms with van der Waals surface area (Å²) in [5.41, 5.74) is 2.59. The van der Waals surface area contributed by atoms with Crippen molar-refractivity contribution >= 4 is 31.9 Å². The van der Waals surface area contributed by atoms with Gasteiger partial charge in [0.2, 0.25) is 0 Å². The van der Waals surface area contributed by atoms with Crippen LogP contribution in [-0.4, -0.2) is 4.98 Å². The molecule has 2 aromatic rings. The van der Waals surface area contributed by atoms with Gasteiger partial charge in [-0.3, -0.25) is 4.98 Å². The van der Waals surface area contributed by atoms with Gasteiger partial charge < -0.3 is 0 Å². The molecule has 1 nitrogen and oxygen atoms in total. The number of aromatic nitrogens is 1. The maximum atomic E-state index is 4.05. The fraction of sp³-hybridized carbons (Fsp3) is 0.214. The van der Waals surface area contributed by atoms with E-state index in [1.54, 1.807) is 0 Å². The molecule has 0 amide bonds. The number of hydrogen-bond acceptors (Lipinski definition) is 1. The van der Waals surface area contributed by atoms with Gasteiger partial charge in [-0.25, -0.2) is 0 Å². The number of pyridine rings is 1. The molecule has 2 atom stereocenters. The molecule has 2 rings (SSSR count). The summed E-state index contributed by atoms with van der Waals surface area (Å²) in [5, 5.41) is 0. The van der Waals surface area contributed by atoms with Crippen molar-refractivity contribution in [3.05, 3.63) is 64.4 Å². The minimum atomic E-state index is 0.318. The molecule has 88 valence electrons. The molecule has 1 aromatic carbocycles. The first-order valence-electron chi connectivity index (χ1n) is 5.48. The minimum absolute atomic E-state index is 0.318. The highest BCUT2D eigenvalue weighted by Crippen LogP contribution is 2.37. The van der Waals surface area contributed by atoms with Gasteiger partial charge in [0, 0.05) is 21.7 Å². The number of rotatable bonds is 3. The van der Waals surface area contributed by atoms with Crippen LogP contribution in [-0.2, 0) is 0 Å². The fourth-order valence-electron chi connectivity index (χ4n) is 1.77. The molecular weight excluding hydrogens is 342 g/mol. The third kappa shape index (κ3) is 3.17. The molecule has 0 saturated heterocycles. The summed E-state index contributed by atoms with van der Waals surface area (Å²) in [6.07, 6.45) is 3.68. The van der Waals surface area contributed by atoms with Crippen LogP contribution in [0.25, 0.3) is 0 Å². The van der Waals surface area contributed by atoms with E-state index in [4.69, 9.17) is 0 Å². The highest BCUT2D eigenvalue weighted by atomic mass is 79.9. The van der Waals surface area contributed by atoms with Gasteiger partial charge in [0.25, 0.3) is 0 Å². The average molecular weight is 355 g/mol. The molecule has 0 radical (unpaired) electrons. The molecule has 0 saturated carbocycles. The Morgan fingerprint density at radius 1 is 0.941 bits per heavy atom. The molecule has 0 fully saturated rings. The first kappa shape index (κ1) is 12.8. The molecule has 2 unspecified atom stereocenters. The lowest BCUT2D eigenvalue weighted by Gasteiger charge is -2.19. The van der Waals surface area contributed by atoms with Crippen LogP contribution in [0.3, 0.4) is 0 Å². The zero-order valence-corrected chi connectivity index (χ0v) is 12.6. The zero-order valence-electron chi connectivity index (χ0n) is 9.48. The van der Waals surface area contributed by atoms with E-state index in [0.717, 1.165) is 4.47 Å². The van der Waals surface area contributed by atoms with Crippen LogP contribution < -0.4 is 0 Å². The van der Waals surface area contributed by atoms with Crippen LogP contribution in [0.4, 0.5) is 0 Å². The van der Waals surface area contributed by atoms with Crippen molar-refractivity contribution < 1.29 is 0 Å². The molecule has 0 spiro atoms. The summed E-state index contributed by atoms with van der Waals surface area (Å²) >= 11 is 7.23. The lowest BCUT2D eigenvalue weighted by Crippen LogP contribution is -2.02. The molecule has 1 heterocycles. The van der Waals surface area contributed by atoms with Crippen molar-refractivity contribution in [2.24, 2.45) is 0 Å². The van der Waals surface area contributed by atoms with Crippen LogP contribution in [0.1, 0.15) is 28.8 Å². The molecular formula is C14H13Br2N. The highest BCUT2D eigenvalue weighted by Gasteiger charge is 2.17. The van der Waals surface area contributed by atoms with Crippen molar-refractivity contribution in [2.75, 3.05) is 0 Å². The van der Waals surface area contributed by atoms with E-state index in [1.807, 2.05) is 12.4 Å². The van der Waals surface area contributed by atoms with Crippen molar-refractivity contribution in [3.8, 4) is 0 Å². The van der Waals surface area contributed by atoms with E-state index in [0.29, 0.717) is 10.7 Å². The summed E-state index contributed by atoms with van der Waals surface area (Å²) in [6, 6.07) is 12.6. The standard InChI is InChI=1S/C14H13Br2N/c1-10(11-6-8-17-9-7-11)14(16)12-2-4-13(15)5-3-12/h2-10,14H,1H3. The maximum Gasteiger partial charge on any atom is 0.0461 e. The minimum Gasteiger partial charge on any atom is -0.265 e. The Labute approximate surface area is 119 Å². The molecule has 1 aromatic heterocycles. The van der Waals surface area contributed by atoms with Gasteiger partial charge in [0.1, 0.15) is 0 Å². The topological polar surface area (TPSA) is 12.9 Å². The molecule has 0 bridgehead atoms. The Morgan fingerprint density at radius 2 is 1.53 bits per heavy atom. The summed E-state index contributed by atoms with van der Waals surface area (Å²) in [7, 11) is 0. The Bertz CT molecular complexity index is 467. The fourth-order valence-corrected chi connectivity index (χ4v) is 2.65. The van der Waals surface area contributed by atoms with Crippen molar-refractivity contribution in [1.82, 2.24) is 4.98 Å². The van der Waals surface area contributed by atoms with Gasteiger partial charge in [-0.15, -0.1) is 0 Å². The van der Waals surface area contributed by atoms with Gasteiger partial charge in [-0.1, -0.05) is 50.9 Å². The number of hydrogen-bond donors (Lipinski definition) is 0. The predicted octanol–water partition coefficient (Wildman–Crippen LogP) is 5.08. The van der Waals surface area contributed by atoms with Gasteiger partial charge in [-0.05, 0) is 41.3 Å². The average Bonchev–Trinajstić information content (AvgIpc) is 2.39. The van der Waals surface area contributed by atoms with E-state index in [1.165, 1.54) is 11.1 Å². The van der Waals surface area contributed by atoms with Crippen molar-refractivity contribution in [3.63, 3.8) is 0 Å². The monoisotopic (exact) mass is 353 g/mol. The lowest BCUT2D eigenvalue weighted by molar-refractivity contribution is 0.750. The molecule has 17 heavy (non-hydrogen) atoms. The smallest absolute Gasteiger partial charge is 0.0461 e. The van der Waals surface area contributed by atoms with Gasteiger partial charge in [0.15, 0.2) is 0 Å². The van der Waals surface area contributed by atoms with Crippen LogP contribution in [0.2, 0.25) is 0 Å². The summed E-state index contributed by atoms with van der Waals surface area (Å²) in [5.74, 6) is 0.416. The zero-order chi connectivity index (χ0) is 12.3. The van der Waals surface area contributed by atoms with E-state index >= 15 is 0 Å². The summed E-state index contributed by atoms with van der Waals surface area (Å²) in [4.78, 5) is 4.37. The van der Waals surface area contributed by atoms with E-state index in [9.17, 15) is 0 Å². The van der Waals surface area contributed by atoms with Crippen molar-refractivity contribution in [2.45, 2.75) is 17.7 Å². The van der Waals surface area contributed by atoms with Gasteiger partial charge in [0.05, 0.1) is 0 Å². The van der Waals surface area contributed by atoms with E-state index in [2.05, 4.69) is 80.2 Å². The third-order valence-electron chi connectivity index (χ3n) is 2.86. The van der Waals surface area contributed by atoms with Crippen LogP contribution in [0.5, 0.6) is 0 Å². The first-order chi connectivity index (χ1) is 8.18. The SMILES string of the molecule is CC(c1ccncc1)C(Br)c1ccc(Br)cc1. The molecule has 0 N–H and O–H groups in total. The molecule has 0 aliphatic rings. The number of nitrogens with zero attached hydrogens (tertiary/aromatic N) is 1. The normalized spacial score (nSPS) is 14.3. The lowest BCUT2D eigenvalue weighted by atomic mass is 9.94. The first-order valence-corrected chi connectivity index (χ1v) is 7.19. The van der Waals surface area contributed by atoms with E-state index in [-0.39, 0.29) is 0 Å².